The van der Waals surface area contributed by atoms with Crippen LogP contribution in [-0.4, -0.2) is 17.6 Å². The van der Waals surface area contributed by atoms with Crippen molar-refractivity contribution in [2.24, 2.45) is 17.8 Å². The van der Waals surface area contributed by atoms with E-state index in [9.17, 15) is 9.90 Å². The molecule has 1 aromatic rings. The average molecular weight is 293 g/mol. The first kappa shape index (κ1) is 14.1. The van der Waals surface area contributed by atoms with Crippen LogP contribution in [0, 0.1) is 17.8 Å². The lowest BCUT2D eigenvalue weighted by Crippen LogP contribution is -2.39. The van der Waals surface area contributed by atoms with Gasteiger partial charge in [-0.15, -0.1) is 11.3 Å². The van der Waals surface area contributed by atoms with Gasteiger partial charge in [0.2, 0.25) is 5.91 Å². The molecule has 2 fully saturated rings. The third-order valence-corrected chi connectivity index (χ3v) is 6.14. The Morgan fingerprint density at radius 1 is 1.50 bits per heavy atom. The van der Waals surface area contributed by atoms with Crippen LogP contribution >= 0.6 is 11.3 Å². The molecule has 0 spiro atoms. The molecule has 2 bridgehead atoms. The summed E-state index contributed by atoms with van der Waals surface area (Å²) >= 11 is 1.52. The fourth-order valence-electron chi connectivity index (χ4n) is 3.88. The van der Waals surface area contributed by atoms with Crippen molar-refractivity contribution in [2.45, 2.75) is 44.6 Å². The van der Waals surface area contributed by atoms with Crippen molar-refractivity contribution in [3.63, 3.8) is 0 Å². The second-order valence-corrected chi connectivity index (χ2v) is 7.61. The van der Waals surface area contributed by atoms with E-state index < -0.39 is 5.60 Å². The van der Waals surface area contributed by atoms with Gasteiger partial charge < -0.3 is 10.4 Å². The molecule has 0 radical (unpaired) electrons. The summed E-state index contributed by atoms with van der Waals surface area (Å²) < 4.78 is 0. The number of carbonyl (C=O) groups is 1. The van der Waals surface area contributed by atoms with Gasteiger partial charge in [0.05, 0.1) is 6.54 Å². The largest absolute Gasteiger partial charge is 0.383 e. The van der Waals surface area contributed by atoms with E-state index in [2.05, 4.69) is 5.32 Å². The van der Waals surface area contributed by atoms with E-state index in [0.29, 0.717) is 18.9 Å². The SMILES string of the molecule is CC(O)(CNC(=O)CC1CC2CCC1C2)c1cccs1. The van der Waals surface area contributed by atoms with Crippen molar-refractivity contribution in [3.05, 3.63) is 22.4 Å². The normalized spacial score (nSPS) is 31.2. The van der Waals surface area contributed by atoms with E-state index >= 15 is 0 Å². The second-order valence-electron chi connectivity index (χ2n) is 6.67. The van der Waals surface area contributed by atoms with Crippen LogP contribution in [0.1, 0.15) is 43.9 Å². The number of fused-ring (bicyclic) bond motifs is 2. The number of aliphatic hydroxyl groups is 1. The summed E-state index contributed by atoms with van der Waals surface area (Å²) in [5, 5.41) is 15.2. The van der Waals surface area contributed by atoms with Gasteiger partial charge in [0, 0.05) is 11.3 Å². The standard InChI is InChI=1S/C16H23NO2S/c1-16(19,14-3-2-6-20-14)10-17-15(18)9-13-8-11-4-5-12(13)7-11/h2-3,6,11-13,19H,4-5,7-10H2,1H3,(H,17,18). The molecule has 20 heavy (non-hydrogen) atoms. The zero-order chi connectivity index (χ0) is 14.2. The predicted octanol–water partition coefficient (Wildman–Crippen LogP) is 2.90. The summed E-state index contributed by atoms with van der Waals surface area (Å²) in [6.45, 7) is 2.06. The Kier molecular flexibility index (Phi) is 3.87. The predicted molar refractivity (Wildman–Crippen MR) is 80.5 cm³/mol. The molecular weight excluding hydrogens is 270 g/mol. The highest BCUT2D eigenvalue weighted by Gasteiger charge is 2.40. The molecule has 1 amide bonds. The molecule has 1 aromatic heterocycles. The number of hydrogen-bond donors (Lipinski definition) is 2. The van der Waals surface area contributed by atoms with Gasteiger partial charge >= 0.3 is 0 Å². The lowest BCUT2D eigenvalue weighted by molar-refractivity contribution is -0.123. The smallest absolute Gasteiger partial charge is 0.220 e. The topological polar surface area (TPSA) is 49.3 Å². The van der Waals surface area contributed by atoms with Gasteiger partial charge in [-0.05, 0) is 55.4 Å². The Morgan fingerprint density at radius 2 is 2.35 bits per heavy atom. The number of amides is 1. The first-order valence-corrected chi connectivity index (χ1v) is 8.45. The molecule has 110 valence electrons. The summed E-state index contributed by atoms with van der Waals surface area (Å²) in [4.78, 5) is 13.0. The van der Waals surface area contributed by atoms with Gasteiger partial charge in [-0.1, -0.05) is 12.5 Å². The van der Waals surface area contributed by atoms with E-state index in [1.165, 1.54) is 37.0 Å². The number of carbonyl (C=O) groups excluding carboxylic acids is 1. The first-order chi connectivity index (χ1) is 9.54. The second kappa shape index (κ2) is 5.49. The van der Waals surface area contributed by atoms with E-state index in [4.69, 9.17) is 0 Å². The fourth-order valence-corrected chi connectivity index (χ4v) is 4.67. The molecule has 0 aromatic carbocycles. The van der Waals surface area contributed by atoms with Crippen LogP contribution in [-0.2, 0) is 10.4 Å². The highest BCUT2D eigenvalue weighted by Crippen LogP contribution is 2.49. The minimum Gasteiger partial charge on any atom is -0.383 e. The lowest BCUT2D eigenvalue weighted by Gasteiger charge is -2.24. The van der Waals surface area contributed by atoms with Gasteiger partial charge in [0.25, 0.3) is 0 Å². The zero-order valence-electron chi connectivity index (χ0n) is 12.0. The Bertz CT molecular complexity index is 469. The van der Waals surface area contributed by atoms with E-state index in [1.54, 1.807) is 6.92 Å². The van der Waals surface area contributed by atoms with Crippen molar-refractivity contribution >= 4 is 17.2 Å². The highest BCUT2D eigenvalue weighted by atomic mass is 32.1. The van der Waals surface area contributed by atoms with Gasteiger partial charge in [-0.2, -0.15) is 0 Å². The van der Waals surface area contributed by atoms with E-state index in [0.717, 1.165) is 16.7 Å². The summed E-state index contributed by atoms with van der Waals surface area (Å²) in [5.74, 6) is 2.34. The summed E-state index contributed by atoms with van der Waals surface area (Å²) in [7, 11) is 0. The van der Waals surface area contributed by atoms with Crippen molar-refractivity contribution in [1.29, 1.82) is 0 Å². The zero-order valence-corrected chi connectivity index (χ0v) is 12.8. The van der Waals surface area contributed by atoms with Gasteiger partial charge in [0.1, 0.15) is 5.60 Å². The fraction of sp³-hybridized carbons (Fsp3) is 0.688. The maximum Gasteiger partial charge on any atom is 0.220 e. The molecule has 2 aliphatic rings. The van der Waals surface area contributed by atoms with Gasteiger partial charge in [0.15, 0.2) is 0 Å². The quantitative estimate of drug-likeness (QED) is 0.877. The molecule has 3 rings (SSSR count). The molecule has 4 heteroatoms. The molecule has 2 aliphatic carbocycles. The minimum atomic E-state index is -0.960. The van der Waals surface area contributed by atoms with Crippen LogP contribution in [0.5, 0.6) is 0 Å². The number of rotatable bonds is 5. The summed E-state index contributed by atoms with van der Waals surface area (Å²) in [6, 6.07) is 3.83. The molecule has 4 atom stereocenters. The molecular formula is C16H23NO2S. The van der Waals surface area contributed by atoms with Crippen LogP contribution in [0.15, 0.2) is 17.5 Å². The maximum atomic E-state index is 12.1. The van der Waals surface area contributed by atoms with E-state index in [-0.39, 0.29) is 5.91 Å². The molecule has 3 nitrogen and oxygen atoms in total. The van der Waals surface area contributed by atoms with Crippen molar-refractivity contribution in [1.82, 2.24) is 5.32 Å². The Hall–Kier alpha value is -0.870. The Balaban J connectivity index is 1.47. The third kappa shape index (κ3) is 2.91. The first-order valence-electron chi connectivity index (χ1n) is 7.57. The minimum absolute atomic E-state index is 0.0966. The summed E-state index contributed by atoms with van der Waals surface area (Å²) in [6.07, 6.45) is 5.90. The number of nitrogens with one attached hydrogen (secondary N) is 1. The van der Waals surface area contributed by atoms with Crippen LogP contribution < -0.4 is 5.32 Å². The molecule has 2 N–H and O–H groups in total. The van der Waals surface area contributed by atoms with Crippen molar-refractivity contribution < 1.29 is 9.90 Å². The van der Waals surface area contributed by atoms with Crippen LogP contribution in [0.25, 0.3) is 0 Å². The lowest BCUT2D eigenvalue weighted by atomic mass is 9.86. The molecule has 0 aliphatic heterocycles. The van der Waals surface area contributed by atoms with Crippen LogP contribution in [0.2, 0.25) is 0 Å². The molecule has 2 saturated carbocycles. The molecule has 1 heterocycles. The molecule has 4 unspecified atom stereocenters. The summed E-state index contributed by atoms with van der Waals surface area (Å²) in [5.41, 5.74) is -0.960. The third-order valence-electron chi connectivity index (χ3n) is 5.01. The Labute approximate surface area is 124 Å². The van der Waals surface area contributed by atoms with Crippen LogP contribution in [0.4, 0.5) is 0 Å². The number of hydrogen-bond acceptors (Lipinski definition) is 3. The maximum absolute atomic E-state index is 12.1. The van der Waals surface area contributed by atoms with E-state index in [1.807, 2.05) is 17.5 Å². The highest BCUT2D eigenvalue weighted by molar-refractivity contribution is 7.10. The number of thiophene rings is 1. The van der Waals surface area contributed by atoms with Crippen molar-refractivity contribution in [3.8, 4) is 0 Å². The van der Waals surface area contributed by atoms with Crippen molar-refractivity contribution in [2.75, 3.05) is 6.54 Å². The Morgan fingerprint density at radius 3 is 2.95 bits per heavy atom. The monoisotopic (exact) mass is 293 g/mol. The van der Waals surface area contributed by atoms with Crippen LogP contribution in [0.3, 0.4) is 0 Å². The van der Waals surface area contributed by atoms with Gasteiger partial charge in [-0.3, -0.25) is 4.79 Å². The molecule has 0 saturated heterocycles. The van der Waals surface area contributed by atoms with Gasteiger partial charge in [-0.25, -0.2) is 0 Å². The average Bonchev–Trinajstić information content (AvgIpc) is 3.13.